The molecule has 260 valence electrons. The molecule has 0 aliphatic heterocycles. The van der Waals surface area contributed by atoms with Gasteiger partial charge in [-0.2, -0.15) is 26.3 Å². The Kier molecular flexibility index (Phi) is 12.1. The third-order valence-corrected chi connectivity index (χ3v) is 8.80. The Bertz CT molecular complexity index is 1650. The summed E-state index contributed by atoms with van der Waals surface area (Å²) >= 11 is 13.0. The van der Waals surface area contributed by atoms with Gasteiger partial charge in [0.25, 0.3) is 11.8 Å². The van der Waals surface area contributed by atoms with Crippen molar-refractivity contribution in [3.63, 3.8) is 0 Å². The van der Waals surface area contributed by atoms with E-state index in [9.17, 15) is 9.59 Å². The van der Waals surface area contributed by atoms with Gasteiger partial charge in [0.1, 0.15) is 0 Å². The highest BCUT2D eigenvalue weighted by molar-refractivity contribution is 6.34. The van der Waals surface area contributed by atoms with Gasteiger partial charge in [-0.25, -0.2) is 0 Å². The van der Waals surface area contributed by atoms with Gasteiger partial charge in [0.2, 0.25) is 5.41 Å². The first-order chi connectivity index (χ1) is 23.1. The molecule has 0 atom stereocenters. The summed E-state index contributed by atoms with van der Waals surface area (Å²) in [6.45, 7) is 3.61. The third kappa shape index (κ3) is 8.07. The zero-order chi connectivity index (χ0) is 36.0. The molecule has 0 saturated carbocycles. The van der Waals surface area contributed by atoms with Gasteiger partial charge in [-0.05, 0) is 84.3 Å². The molecule has 0 heterocycles. The standard InChI is InChI=1S/C37H34Cl2F6N2O2/c1-3-5-13-25-19-27(21-29(38)31(25)46-33(48)23-15-9-7-10-16-23)35(36(40,41)42,37(43,44)45)28-20-26(14-6-4-2)32(30(39)22-28)47-34(49)24-17-11-8-12-18-24/h7-12,15-22H,3-6,13-14H2,1-2H3,(H,46,48)(H,47,49). The number of hydrogen-bond donors (Lipinski definition) is 2. The lowest BCUT2D eigenvalue weighted by Crippen LogP contribution is -2.55. The molecule has 49 heavy (non-hydrogen) atoms. The summed E-state index contributed by atoms with van der Waals surface area (Å²) in [5.41, 5.74) is -6.64. The van der Waals surface area contributed by atoms with Gasteiger partial charge >= 0.3 is 12.4 Å². The highest BCUT2D eigenvalue weighted by Crippen LogP contribution is 2.58. The highest BCUT2D eigenvalue weighted by Gasteiger charge is 2.72. The molecule has 4 nitrogen and oxygen atoms in total. The van der Waals surface area contributed by atoms with E-state index in [0.29, 0.717) is 37.8 Å². The van der Waals surface area contributed by atoms with Gasteiger partial charge in [-0.1, -0.05) is 98.4 Å². The maximum absolute atomic E-state index is 15.4. The highest BCUT2D eigenvalue weighted by atomic mass is 35.5. The van der Waals surface area contributed by atoms with Crippen molar-refractivity contribution in [3.05, 3.63) is 128 Å². The number of carbonyl (C=O) groups excluding carboxylic acids is 2. The first-order valence-electron chi connectivity index (χ1n) is 15.7. The molecule has 0 fully saturated rings. The number of anilines is 2. The van der Waals surface area contributed by atoms with E-state index in [1.165, 1.54) is 24.3 Å². The van der Waals surface area contributed by atoms with E-state index in [0.717, 1.165) is 12.1 Å². The lowest BCUT2D eigenvalue weighted by molar-refractivity contribution is -0.288. The normalized spacial score (nSPS) is 12.1. The molecule has 2 N–H and O–H groups in total. The van der Waals surface area contributed by atoms with Gasteiger partial charge in [0, 0.05) is 11.1 Å². The Morgan fingerprint density at radius 1 is 0.592 bits per heavy atom. The van der Waals surface area contributed by atoms with E-state index in [1.807, 2.05) is 0 Å². The summed E-state index contributed by atoms with van der Waals surface area (Å²) < 4.78 is 92.4. The molecule has 0 unspecified atom stereocenters. The van der Waals surface area contributed by atoms with Crippen LogP contribution >= 0.6 is 23.2 Å². The summed E-state index contributed by atoms with van der Waals surface area (Å²) in [5, 5.41) is 4.19. The molecule has 0 radical (unpaired) electrons. The largest absolute Gasteiger partial charge is 0.411 e. The van der Waals surface area contributed by atoms with Crippen LogP contribution in [-0.4, -0.2) is 24.2 Å². The molecule has 0 saturated heterocycles. The van der Waals surface area contributed by atoms with Crippen molar-refractivity contribution in [1.82, 2.24) is 0 Å². The third-order valence-electron chi connectivity index (χ3n) is 8.21. The molecular formula is C37H34Cl2F6N2O2. The Labute approximate surface area is 290 Å². The fourth-order valence-electron chi connectivity index (χ4n) is 5.70. The van der Waals surface area contributed by atoms with E-state index in [1.54, 1.807) is 50.2 Å². The number of carbonyl (C=O) groups is 2. The second-order valence-electron chi connectivity index (χ2n) is 11.6. The molecule has 4 aromatic carbocycles. The summed E-state index contributed by atoms with van der Waals surface area (Å²) in [5.74, 6) is -1.27. The van der Waals surface area contributed by atoms with Crippen LogP contribution in [0.15, 0.2) is 84.9 Å². The molecule has 0 aliphatic rings. The number of alkyl halides is 6. The molecule has 12 heteroatoms. The quantitative estimate of drug-likeness (QED) is 0.143. The van der Waals surface area contributed by atoms with E-state index < -0.39 is 50.8 Å². The van der Waals surface area contributed by atoms with E-state index in [2.05, 4.69) is 10.6 Å². The van der Waals surface area contributed by atoms with Crippen molar-refractivity contribution in [1.29, 1.82) is 0 Å². The van der Waals surface area contributed by atoms with Crippen molar-refractivity contribution < 1.29 is 35.9 Å². The van der Waals surface area contributed by atoms with Crippen LogP contribution in [-0.2, 0) is 18.3 Å². The monoisotopic (exact) mass is 722 g/mol. The second kappa shape index (κ2) is 15.7. The number of benzene rings is 4. The van der Waals surface area contributed by atoms with E-state index >= 15 is 26.3 Å². The number of halogens is 8. The minimum Gasteiger partial charge on any atom is -0.320 e. The Morgan fingerprint density at radius 3 is 1.24 bits per heavy atom. The summed E-state index contributed by atoms with van der Waals surface area (Å²) in [6, 6.07) is 18.7. The topological polar surface area (TPSA) is 58.2 Å². The van der Waals surface area contributed by atoms with Crippen molar-refractivity contribution in [2.45, 2.75) is 70.1 Å². The molecule has 4 aromatic rings. The van der Waals surface area contributed by atoms with Gasteiger partial charge in [0.15, 0.2) is 0 Å². The summed E-state index contributed by atoms with van der Waals surface area (Å²) in [4.78, 5) is 26.0. The number of amides is 2. The van der Waals surface area contributed by atoms with Crippen LogP contribution in [0.3, 0.4) is 0 Å². The average molecular weight is 724 g/mol. The van der Waals surface area contributed by atoms with Crippen molar-refractivity contribution in [3.8, 4) is 0 Å². The van der Waals surface area contributed by atoms with Crippen LogP contribution in [0, 0.1) is 0 Å². The van der Waals surface area contributed by atoms with Gasteiger partial charge in [0.05, 0.1) is 21.4 Å². The lowest BCUT2D eigenvalue weighted by atomic mass is 9.71. The predicted molar refractivity (Wildman–Crippen MR) is 182 cm³/mol. The Balaban J connectivity index is 1.96. The molecule has 0 aromatic heterocycles. The van der Waals surface area contributed by atoms with E-state index in [-0.39, 0.29) is 46.5 Å². The van der Waals surface area contributed by atoms with Crippen LogP contribution in [0.4, 0.5) is 37.7 Å². The number of hydrogen-bond acceptors (Lipinski definition) is 2. The van der Waals surface area contributed by atoms with Crippen LogP contribution < -0.4 is 10.6 Å². The van der Waals surface area contributed by atoms with E-state index in [4.69, 9.17) is 23.2 Å². The van der Waals surface area contributed by atoms with Crippen molar-refractivity contribution in [2.24, 2.45) is 0 Å². The number of nitrogens with one attached hydrogen (secondary N) is 2. The summed E-state index contributed by atoms with van der Waals surface area (Å²) in [6.07, 6.45) is -9.91. The zero-order valence-corrected chi connectivity index (χ0v) is 28.2. The van der Waals surface area contributed by atoms with Crippen molar-refractivity contribution >= 4 is 46.4 Å². The fraction of sp³-hybridized carbons (Fsp3) is 0.297. The fourth-order valence-corrected chi connectivity index (χ4v) is 6.27. The van der Waals surface area contributed by atoms with Gasteiger partial charge in [-0.15, -0.1) is 0 Å². The minimum absolute atomic E-state index is 0.00977. The van der Waals surface area contributed by atoms with Crippen LogP contribution in [0.2, 0.25) is 10.0 Å². The first kappa shape index (κ1) is 37.8. The smallest absolute Gasteiger partial charge is 0.320 e. The number of aryl methyl sites for hydroxylation is 2. The van der Waals surface area contributed by atoms with Gasteiger partial charge in [-0.3, -0.25) is 9.59 Å². The second-order valence-corrected chi connectivity index (χ2v) is 12.4. The van der Waals surface area contributed by atoms with Crippen LogP contribution in [0.25, 0.3) is 0 Å². The Morgan fingerprint density at radius 2 is 0.939 bits per heavy atom. The molecule has 0 aliphatic carbocycles. The zero-order valence-electron chi connectivity index (χ0n) is 26.7. The maximum Gasteiger partial charge on any atom is 0.411 e. The first-order valence-corrected chi connectivity index (χ1v) is 16.4. The SMILES string of the molecule is CCCCc1cc(C(c2cc(Cl)c(NC(=O)c3ccccc3)c(CCCC)c2)(C(F)(F)F)C(F)(F)F)cc(Cl)c1NC(=O)c1ccccc1. The van der Waals surface area contributed by atoms with Crippen molar-refractivity contribution in [2.75, 3.05) is 10.6 Å². The van der Waals surface area contributed by atoms with Crippen LogP contribution in [0.5, 0.6) is 0 Å². The average Bonchev–Trinajstić information content (AvgIpc) is 3.05. The predicted octanol–water partition coefficient (Wildman–Crippen LogP) is 11.6. The lowest BCUT2D eigenvalue weighted by Gasteiger charge is -2.39. The molecule has 0 spiro atoms. The molecule has 4 rings (SSSR count). The number of unbranched alkanes of at least 4 members (excludes halogenated alkanes) is 2. The summed E-state index contributed by atoms with van der Waals surface area (Å²) in [7, 11) is 0. The minimum atomic E-state index is -5.94. The molecule has 0 bridgehead atoms. The molecular weight excluding hydrogens is 689 g/mol. The number of rotatable bonds is 12. The maximum atomic E-state index is 15.4. The van der Waals surface area contributed by atoms with Gasteiger partial charge < -0.3 is 10.6 Å². The van der Waals surface area contributed by atoms with Crippen LogP contribution in [0.1, 0.15) is 82.5 Å². The Hall–Kier alpha value is -4.02. The molecule has 2 amide bonds.